The van der Waals surface area contributed by atoms with Gasteiger partial charge in [0.15, 0.2) is 0 Å². The van der Waals surface area contributed by atoms with Crippen LogP contribution in [0.5, 0.6) is 0 Å². The predicted octanol–water partition coefficient (Wildman–Crippen LogP) is 1.37. The molecule has 0 spiro atoms. The molecule has 1 atom stereocenters. The lowest BCUT2D eigenvalue weighted by Gasteiger charge is -2.39. The van der Waals surface area contributed by atoms with Crippen molar-refractivity contribution in [2.45, 2.75) is 60.0 Å². The number of nitrogens with two attached hydrogens (primary N) is 1. The fourth-order valence-electron chi connectivity index (χ4n) is 1.25. The molecule has 0 aliphatic rings. The Morgan fingerprint density at radius 2 is 1.44 bits per heavy atom. The van der Waals surface area contributed by atoms with Crippen LogP contribution in [0.3, 0.4) is 0 Å². The van der Waals surface area contributed by atoms with Gasteiger partial charge in [-0.25, -0.2) is 4.79 Å². The van der Waals surface area contributed by atoms with E-state index in [0.29, 0.717) is 0 Å². The van der Waals surface area contributed by atoms with Crippen LogP contribution >= 0.6 is 0 Å². The first-order chi connectivity index (χ1) is 7.71. The third kappa shape index (κ3) is 3.70. The number of rotatable bonds is 4. The van der Waals surface area contributed by atoms with Gasteiger partial charge in [0.05, 0.1) is 5.41 Å². The fraction of sp³-hybridized carbons (Fsp3) is 0.846. The first kappa shape index (κ1) is 16.9. The van der Waals surface area contributed by atoms with E-state index in [4.69, 9.17) is 5.73 Å². The molecule has 5 heteroatoms. The number of hydrogen-bond donors (Lipinski definition) is 3. The summed E-state index contributed by atoms with van der Waals surface area (Å²) in [6.07, 6.45) is 0. The van der Waals surface area contributed by atoms with Gasteiger partial charge in [-0.2, -0.15) is 0 Å². The summed E-state index contributed by atoms with van der Waals surface area (Å²) < 4.78 is 0. The molecule has 0 aliphatic carbocycles. The SMILES string of the molecule is CC(C)(C)[C@H](NC(=O)C(C)(C)C(C)(C)N)C(=O)O. The van der Waals surface area contributed by atoms with Crippen LogP contribution in [-0.2, 0) is 9.59 Å². The van der Waals surface area contributed by atoms with Gasteiger partial charge in [0, 0.05) is 5.54 Å². The molecule has 0 bridgehead atoms. The summed E-state index contributed by atoms with van der Waals surface area (Å²) in [6.45, 7) is 12.2. The minimum atomic E-state index is -1.04. The number of carbonyl (C=O) groups is 2. The molecule has 0 heterocycles. The molecule has 0 unspecified atom stereocenters. The van der Waals surface area contributed by atoms with Gasteiger partial charge in [0.25, 0.3) is 0 Å². The number of amides is 1. The van der Waals surface area contributed by atoms with Gasteiger partial charge >= 0.3 is 5.97 Å². The Morgan fingerprint density at radius 3 is 1.67 bits per heavy atom. The molecule has 0 aromatic carbocycles. The largest absolute Gasteiger partial charge is 0.480 e. The van der Waals surface area contributed by atoms with Gasteiger partial charge in [0.2, 0.25) is 5.91 Å². The summed E-state index contributed by atoms with van der Waals surface area (Å²) in [7, 11) is 0. The lowest BCUT2D eigenvalue weighted by atomic mass is 9.74. The molecule has 0 aromatic heterocycles. The molecule has 106 valence electrons. The molecule has 0 aromatic rings. The van der Waals surface area contributed by atoms with Crippen molar-refractivity contribution in [2.75, 3.05) is 0 Å². The third-order valence-corrected chi connectivity index (χ3v) is 3.57. The number of carboxylic acid groups (broad SMARTS) is 1. The van der Waals surface area contributed by atoms with Crippen molar-refractivity contribution >= 4 is 11.9 Å². The maximum atomic E-state index is 12.2. The Labute approximate surface area is 109 Å². The van der Waals surface area contributed by atoms with E-state index in [1.54, 1.807) is 48.5 Å². The lowest BCUT2D eigenvalue weighted by Crippen LogP contribution is -2.60. The van der Waals surface area contributed by atoms with Crippen LogP contribution in [0.2, 0.25) is 0 Å². The number of hydrogen-bond acceptors (Lipinski definition) is 3. The Kier molecular flexibility index (Phi) is 4.58. The quantitative estimate of drug-likeness (QED) is 0.710. The molecule has 0 radical (unpaired) electrons. The maximum absolute atomic E-state index is 12.2. The highest BCUT2D eigenvalue weighted by Gasteiger charge is 2.43. The topological polar surface area (TPSA) is 92.4 Å². The summed E-state index contributed by atoms with van der Waals surface area (Å²) in [5, 5.41) is 11.8. The third-order valence-electron chi connectivity index (χ3n) is 3.57. The average Bonchev–Trinajstić information content (AvgIpc) is 2.08. The van der Waals surface area contributed by atoms with E-state index in [1.807, 2.05) is 0 Å². The molecular formula is C13H26N2O3. The van der Waals surface area contributed by atoms with Crippen LogP contribution in [0.1, 0.15) is 48.5 Å². The van der Waals surface area contributed by atoms with E-state index >= 15 is 0 Å². The van der Waals surface area contributed by atoms with Crippen molar-refractivity contribution in [1.82, 2.24) is 5.32 Å². The summed E-state index contributed by atoms with van der Waals surface area (Å²) in [5.74, 6) is -1.39. The summed E-state index contributed by atoms with van der Waals surface area (Å²) in [6, 6.07) is -0.938. The average molecular weight is 258 g/mol. The molecule has 4 N–H and O–H groups in total. The second kappa shape index (κ2) is 4.88. The zero-order valence-corrected chi connectivity index (χ0v) is 12.4. The van der Waals surface area contributed by atoms with E-state index < -0.39 is 28.4 Å². The zero-order chi connectivity index (χ0) is 14.9. The van der Waals surface area contributed by atoms with Crippen molar-refractivity contribution < 1.29 is 14.7 Å². The fourth-order valence-corrected chi connectivity index (χ4v) is 1.25. The normalized spacial score (nSPS) is 15.1. The Balaban J connectivity index is 5.11. The second-order valence-corrected chi connectivity index (χ2v) is 6.96. The first-order valence-corrected chi connectivity index (χ1v) is 6.04. The maximum Gasteiger partial charge on any atom is 0.326 e. The van der Waals surface area contributed by atoms with E-state index in [2.05, 4.69) is 5.32 Å². The number of aliphatic carboxylic acids is 1. The predicted molar refractivity (Wildman–Crippen MR) is 71.1 cm³/mol. The van der Waals surface area contributed by atoms with Gasteiger partial charge in [-0.15, -0.1) is 0 Å². The highest BCUT2D eigenvalue weighted by molar-refractivity contribution is 5.88. The molecule has 0 fully saturated rings. The summed E-state index contributed by atoms with van der Waals surface area (Å²) in [5.41, 5.74) is 3.81. The highest BCUT2D eigenvalue weighted by Crippen LogP contribution is 2.29. The van der Waals surface area contributed by atoms with Crippen LogP contribution < -0.4 is 11.1 Å². The van der Waals surface area contributed by atoms with Crippen molar-refractivity contribution in [3.63, 3.8) is 0 Å². The van der Waals surface area contributed by atoms with Crippen molar-refractivity contribution in [3.8, 4) is 0 Å². The van der Waals surface area contributed by atoms with Gasteiger partial charge in [-0.05, 0) is 33.1 Å². The van der Waals surface area contributed by atoms with E-state index in [0.717, 1.165) is 0 Å². The van der Waals surface area contributed by atoms with Crippen molar-refractivity contribution in [3.05, 3.63) is 0 Å². The summed E-state index contributed by atoms with van der Waals surface area (Å²) >= 11 is 0. The van der Waals surface area contributed by atoms with Gasteiger partial charge in [0.1, 0.15) is 6.04 Å². The second-order valence-electron chi connectivity index (χ2n) is 6.96. The Morgan fingerprint density at radius 1 is 1.06 bits per heavy atom. The standard InChI is InChI=1S/C13H26N2O3/c1-11(2,3)8(9(16)17)15-10(18)12(4,5)13(6,7)14/h8H,14H2,1-7H3,(H,15,18)(H,16,17)/t8-/m1/s1. The molecule has 0 aliphatic heterocycles. The van der Waals surface area contributed by atoms with Gasteiger partial charge in [-0.1, -0.05) is 20.8 Å². The Hall–Kier alpha value is -1.10. The monoisotopic (exact) mass is 258 g/mol. The molecular weight excluding hydrogens is 232 g/mol. The molecule has 1 amide bonds. The Bertz CT molecular complexity index is 335. The number of carboxylic acids is 1. The van der Waals surface area contributed by atoms with Crippen molar-refractivity contribution in [2.24, 2.45) is 16.6 Å². The van der Waals surface area contributed by atoms with Crippen LogP contribution in [0.15, 0.2) is 0 Å². The smallest absolute Gasteiger partial charge is 0.326 e. The summed E-state index contributed by atoms with van der Waals surface area (Å²) in [4.78, 5) is 23.4. The van der Waals surface area contributed by atoms with Gasteiger partial charge < -0.3 is 16.2 Å². The zero-order valence-electron chi connectivity index (χ0n) is 12.4. The van der Waals surface area contributed by atoms with E-state index in [1.165, 1.54) is 0 Å². The molecule has 5 nitrogen and oxygen atoms in total. The van der Waals surface area contributed by atoms with Crippen LogP contribution in [-0.4, -0.2) is 28.6 Å². The van der Waals surface area contributed by atoms with Crippen molar-refractivity contribution in [1.29, 1.82) is 0 Å². The van der Waals surface area contributed by atoms with Crippen LogP contribution in [0, 0.1) is 10.8 Å². The van der Waals surface area contributed by atoms with E-state index in [-0.39, 0.29) is 5.91 Å². The molecule has 0 rings (SSSR count). The van der Waals surface area contributed by atoms with Crippen LogP contribution in [0.25, 0.3) is 0 Å². The molecule has 0 saturated carbocycles. The number of nitrogens with one attached hydrogen (secondary N) is 1. The molecule has 18 heavy (non-hydrogen) atoms. The lowest BCUT2D eigenvalue weighted by molar-refractivity contribution is -0.147. The van der Waals surface area contributed by atoms with E-state index in [9.17, 15) is 14.7 Å². The minimum absolute atomic E-state index is 0.350. The highest BCUT2D eigenvalue weighted by atomic mass is 16.4. The van der Waals surface area contributed by atoms with Gasteiger partial charge in [-0.3, -0.25) is 4.79 Å². The molecule has 0 saturated heterocycles. The number of carbonyl (C=O) groups excluding carboxylic acids is 1. The first-order valence-electron chi connectivity index (χ1n) is 6.04. The minimum Gasteiger partial charge on any atom is -0.480 e. The van der Waals surface area contributed by atoms with Crippen LogP contribution in [0.4, 0.5) is 0 Å².